The van der Waals surface area contributed by atoms with E-state index >= 15 is 0 Å². The number of rotatable bonds is 14. The Hall–Kier alpha value is -2.60. The predicted octanol–water partition coefficient (Wildman–Crippen LogP) is -0.751. The summed E-state index contributed by atoms with van der Waals surface area (Å²) in [6.45, 7) is 3.55. The number of imidazole rings is 1. The molecule has 7 N–H and O–H groups in total. The smallest absolute Gasteiger partial charge is 0.326 e. The Balaban J connectivity index is 2.90. The largest absolute Gasteiger partial charge is 0.480 e. The molecule has 11 nitrogen and oxygen atoms in total. The minimum absolute atomic E-state index is 0.0206. The molecule has 0 aliphatic rings. The van der Waals surface area contributed by atoms with Crippen molar-refractivity contribution < 1.29 is 24.3 Å². The number of aromatic amines is 1. The monoisotopic (exact) mass is 456 g/mol. The lowest BCUT2D eigenvalue weighted by Gasteiger charge is -2.25. The number of nitrogens with one attached hydrogen (secondary N) is 4. The van der Waals surface area contributed by atoms with Gasteiger partial charge >= 0.3 is 5.97 Å². The predicted molar refractivity (Wildman–Crippen MR) is 117 cm³/mol. The first-order chi connectivity index (χ1) is 14.7. The third-order valence-corrected chi connectivity index (χ3v) is 5.03. The van der Waals surface area contributed by atoms with Gasteiger partial charge in [-0.2, -0.15) is 11.8 Å². The van der Waals surface area contributed by atoms with E-state index in [4.69, 9.17) is 5.73 Å². The van der Waals surface area contributed by atoms with Crippen molar-refractivity contribution >= 4 is 35.5 Å². The summed E-state index contributed by atoms with van der Waals surface area (Å²) in [5.74, 6) is -2.12. The van der Waals surface area contributed by atoms with Crippen molar-refractivity contribution in [3.05, 3.63) is 18.2 Å². The maximum absolute atomic E-state index is 12.8. The number of carbonyl (C=O) groups excluding carboxylic acids is 3. The fraction of sp³-hybridized carbons (Fsp3) is 0.632. The molecule has 174 valence electrons. The third-order valence-electron chi connectivity index (χ3n) is 4.38. The molecule has 0 aromatic carbocycles. The van der Waals surface area contributed by atoms with E-state index in [-0.39, 0.29) is 18.9 Å². The number of hydrogen-bond donors (Lipinski definition) is 6. The summed E-state index contributed by atoms with van der Waals surface area (Å²) >= 11 is 1.49. The van der Waals surface area contributed by atoms with Gasteiger partial charge in [0.1, 0.15) is 18.1 Å². The lowest BCUT2D eigenvalue weighted by Crippen LogP contribution is -2.56. The fourth-order valence-corrected chi connectivity index (χ4v) is 3.29. The van der Waals surface area contributed by atoms with Gasteiger partial charge < -0.3 is 31.8 Å². The first-order valence-electron chi connectivity index (χ1n) is 9.97. The molecule has 1 aromatic rings. The number of aliphatic carboxylic acids is 1. The van der Waals surface area contributed by atoms with Crippen LogP contribution in [0.5, 0.6) is 0 Å². The van der Waals surface area contributed by atoms with Crippen molar-refractivity contribution in [2.75, 3.05) is 18.6 Å². The van der Waals surface area contributed by atoms with Crippen LogP contribution in [-0.4, -0.2) is 75.4 Å². The number of nitrogens with two attached hydrogens (primary N) is 1. The van der Waals surface area contributed by atoms with E-state index in [9.17, 15) is 24.3 Å². The molecule has 1 rings (SSSR count). The number of hydrogen-bond acceptors (Lipinski definition) is 7. The van der Waals surface area contributed by atoms with Gasteiger partial charge in [-0.1, -0.05) is 13.8 Å². The number of amides is 3. The number of H-pyrrole nitrogens is 1. The van der Waals surface area contributed by atoms with Crippen LogP contribution < -0.4 is 21.7 Å². The number of carboxylic acid groups (broad SMARTS) is 1. The van der Waals surface area contributed by atoms with E-state index in [1.807, 2.05) is 20.1 Å². The fourth-order valence-electron chi connectivity index (χ4n) is 2.82. The first kappa shape index (κ1) is 26.4. The lowest BCUT2D eigenvalue weighted by molar-refractivity contribution is -0.142. The molecule has 0 aliphatic carbocycles. The van der Waals surface area contributed by atoms with Crippen LogP contribution in [0.25, 0.3) is 0 Å². The highest BCUT2D eigenvalue weighted by Gasteiger charge is 2.29. The van der Waals surface area contributed by atoms with Crippen LogP contribution in [-0.2, 0) is 25.6 Å². The Kier molecular flexibility index (Phi) is 11.6. The number of nitrogens with zero attached hydrogens (tertiary/aromatic N) is 1. The standard InChI is InChI=1S/C19H32N6O5S/c1-11(2)6-14(23-16(26)8-20)18(28)24-13(4-5-31-3)17(27)25-15(19(29)30)7-12-9-21-10-22-12/h9-11,13-15H,4-8,20H2,1-3H3,(H,21,22)(H,23,26)(H,24,28)(H,25,27)(H,29,30). The highest BCUT2D eigenvalue weighted by molar-refractivity contribution is 7.98. The van der Waals surface area contributed by atoms with E-state index in [1.165, 1.54) is 24.3 Å². The summed E-state index contributed by atoms with van der Waals surface area (Å²) < 4.78 is 0. The van der Waals surface area contributed by atoms with Gasteiger partial charge in [-0.15, -0.1) is 0 Å². The molecule has 12 heteroatoms. The van der Waals surface area contributed by atoms with Crippen molar-refractivity contribution in [3.63, 3.8) is 0 Å². The van der Waals surface area contributed by atoms with Crippen LogP contribution in [0.2, 0.25) is 0 Å². The quantitative estimate of drug-likeness (QED) is 0.211. The van der Waals surface area contributed by atoms with Gasteiger partial charge in [0.15, 0.2) is 0 Å². The summed E-state index contributed by atoms with van der Waals surface area (Å²) in [6, 6.07) is -2.99. The molecule has 1 heterocycles. The first-order valence-corrected chi connectivity index (χ1v) is 11.4. The van der Waals surface area contributed by atoms with Crippen LogP contribution in [0.3, 0.4) is 0 Å². The molecule has 0 saturated carbocycles. The summed E-state index contributed by atoms with van der Waals surface area (Å²) in [5, 5.41) is 17.2. The zero-order valence-electron chi connectivity index (χ0n) is 18.0. The van der Waals surface area contributed by atoms with E-state index in [0.717, 1.165) is 0 Å². The van der Waals surface area contributed by atoms with Crippen molar-refractivity contribution in [1.29, 1.82) is 0 Å². The molecule has 0 spiro atoms. The zero-order valence-corrected chi connectivity index (χ0v) is 18.8. The van der Waals surface area contributed by atoms with E-state index < -0.39 is 41.8 Å². The van der Waals surface area contributed by atoms with E-state index in [1.54, 1.807) is 0 Å². The SMILES string of the molecule is CSCCC(NC(=O)C(CC(C)C)NC(=O)CN)C(=O)NC(Cc1cnc[nH]1)C(=O)O. The van der Waals surface area contributed by atoms with Gasteiger partial charge in [-0.3, -0.25) is 14.4 Å². The zero-order chi connectivity index (χ0) is 23.4. The molecule has 3 unspecified atom stereocenters. The molecule has 0 saturated heterocycles. The maximum Gasteiger partial charge on any atom is 0.326 e. The van der Waals surface area contributed by atoms with Crippen molar-refractivity contribution in [2.45, 2.75) is 51.2 Å². The summed E-state index contributed by atoms with van der Waals surface area (Å²) in [4.78, 5) is 55.6. The van der Waals surface area contributed by atoms with Gasteiger partial charge in [0, 0.05) is 18.3 Å². The molecular weight excluding hydrogens is 424 g/mol. The van der Waals surface area contributed by atoms with Crippen LogP contribution >= 0.6 is 11.8 Å². The number of thioether (sulfide) groups is 1. The van der Waals surface area contributed by atoms with Crippen LogP contribution in [0.15, 0.2) is 12.5 Å². The van der Waals surface area contributed by atoms with Crippen LogP contribution in [0, 0.1) is 5.92 Å². The van der Waals surface area contributed by atoms with Crippen molar-refractivity contribution in [1.82, 2.24) is 25.9 Å². The summed E-state index contributed by atoms with van der Waals surface area (Å²) in [6.07, 6.45) is 5.44. The molecule has 0 aliphatic heterocycles. The van der Waals surface area contributed by atoms with Crippen LogP contribution in [0.4, 0.5) is 0 Å². The maximum atomic E-state index is 12.8. The summed E-state index contributed by atoms with van der Waals surface area (Å²) in [7, 11) is 0. The third kappa shape index (κ3) is 9.83. The van der Waals surface area contributed by atoms with Gasteiger partial charge in [-0.25, -0.2) is 9.78 Å². The molecule has 1 aromatic heterocycles. The Morgan fingerprint density at radius 1 is 1.13 bits per heavy atom. The van der Waals surface area contributed by atoms with Gasteiger partial charge in [0.05, 0.1) is 12.9 Å². The summed E-state index contributed by atoms with van der Waals surface area (Å²) in [5.41, 5.74) is 5.89. The molecule has 31 heavy (non-hydrogen) atoms. The van der Waals surface area contributed by atoms with Gasteiger partial charge in [0.2, 0.25) is 17.7 Å². The van der Waals surface area contributed by atoms with Gasteiger partial charge in [0.25, 0.3) is 0 Å². The Labute approximate surface area is 185 Å². The minimum atomic E-state index is -1.20. The molecule has 0 radical (unpaired) electrons. The number of carbonyl (C=O) groups is 4. The van der Waals surface area contributed by atoms with Crippen molar-refractivity contribution in [3.8, 4) is 0 Å². The van der Waals surface area contributed by atoms with Crippen LogP contribution in [0.1, 0.15) is 32.4 Å². The Morgan fingerprint density at radius 2 is 1.77 bits per heavy atom. The van der Waals surface area contributed by atoms with E-state index in [0.29, 0.717) is 24.3 Å². The Bertz CT molecular complexity index is 727. The topological polar surface area (TPSA) is 179 Å². The molecular formula is C19H32N6O5S. The second-order valence-electron chi connectivity index (χ2n) is 7.48. The number of aromatic nitrogens is 2. The normalized spacial score (nSPS) is 13.8. The average Bonchev–Trinajstić information content (AvgIpc) is 3.22. The molecule has 3 atom stereocenters. The minimum Gasteiger partial charge on any atom is -0.480 e. The second kappa shape index (κ2) is 13.7. The molecule has 0 fully saturated rings. The van der Waals surface area contributed by atoms with Gasteiger partial charge in [-0.05, 0) is 30.8 Å². The highest BCUT2D eigenvalue weighted by atomic mass is 32.2. The van der Waals surface area contributed by atoms with Crippen molar-refractivity contribution in [2.24, 2.45) is 11.7 Å². The lowest BCUT2D eigenvalue weighted by atomic mass is 10.0. The van der Waals surface area contributed by atoms with E-state index in [2.05, 4.69) is 25.9 Å². The second-order valence-corrected chi connectivity index (χ2v) is 8.46. The number of carboxylic acids is 1. The molecule has 3 amide bonds. The Morgan fingerprint density at radius 3 is 2.29 bits per heavy atom. The molecule has 0 bridgehead atoms. The average molecular weight is 457 g/mol. The highest BCUT2D eigenvalue weighted by Crippen LogP contribution is 2.08.